The molecule has 0 spiro atoms. The number of nitro groups is 1. The topological polar surface area (TPSA) is 142 Å². The maximum atomic E-state index is 13.4. The Bertz CT molecular complexity index is 1800. The first-order valence-corrected chi connectivity index (χ1v) is 14.1. The number of benzene rings is 4. The van der Waals surface area contributed by atoms with Crippen molar-refractivity contribution in [2.45, 2.75) is 25.9 Å². The van der Waals surface area contributed by atoms with E-state index >= 15 is 0 Å². The molecule has 11 nitrogen and oxygen atoms in total. The van der Waals surface area contributed by atoms with Gasteiger partial charge in [-0.15, -0.1) is 0 Å². The van der Waals surface area contributed by atoms with Gasteiger partial charge in [0.1, 0.15) is 0 Å². The first kappa shape index (κ1) is 28.1. The van der Waals surface area contributed by atoms with Crippen LogP contribution in [0.5, 0.6) is 0 Å². The standard InChI is InChI=1S/C32H29N5O6/c1-18(35-29(38)23-9-3-6-20-7-4-10-24(27(20)23)30(35)39)16-33-12-13-34-17-19(2)36-31(40)25-11-5-8-21-14-22(37(42)43)15-26(28(21)25)32(36)41/h3-11,14-15,18-19,33-34H,12-13,16-17H2,1-2H3/t18-,19+/m0/s1. The quantitative estimate of drug-likeness (QED) is 0.125. The van der Waals surface area contributed by atoms with Crippen LogP contribution < -0.4 is 10.6 Å². The highest BCUT2D eigenvalue weighted by atomic mass is 16.6. The Balaban J connectivity index is 1.04. The molecule has 218 valence electrons. The van der Waals surface area contributed by atoms with Crippen LogP contribution in [-0.4, -0.2) is 76.6 Å². The molecular weight excluding hydrogens is 550 g/mol. The van der Waals surface area contributed by atoms with E-state index in [1.165, 1.54) is 17.0 Å². The average molecular weight is 580 g/mol. The molecule has 2 heterocycles. The summed E-state index contributed by atoms with van der Waals surface area (Å²) < 4.78 is 0. The molecule has 0 bridgehead atoms. The highest BCUT2D eigenvalue weighted by Crippen LogP contribution is 2.34. The lowest BCUT2D eigenvalue weighted by Crippen LogP contribution is -2.51. The maximum Gasteiger partial charge on any atom is 0.270 e. The van der Waals surface area contributed by atoms with Gasteiger partial charge in [-0.1, -0.05) is 36.4 Å². The second kappa shape index (κ2) is 11.0. The lowest BCUT2D eigenvalue weighted by Gasteiger charge is -2.32. The summed E-state index contributed by atoms with van der Waals surface area (Å²) in [6.45, 7) is 5.26. The highest BCUT2D eigenvalue weighted by molar-refractivity contribution is 6.26. The summed E-state index contributed by atoms with van der Waals surface area (Å²) in [5.74, 6) is -1.62. The van der Waals surface area contributed by atoms with Crippen molar-refractivity contribution in [3.63, 3.8) is 0 Å². The van der Waals surface area contributed by atoms with Crippen LogP contribution in [0.1, 0.15) is 55.3 Å². The Kier molecular flexibility index (Phi) is 7.20. The first-order chi connectivity index (χ1) is 20.7. The zero-order valence-corrected chi connectivity index (χ0v) is 23.6. The zero-order chi connectivity index (χ0) is 30.4. The van der Waals surface area contributed by atoms with Gasteiger partial charge in [0.25, 0.3) is 29.3 Å². The lowest BCUT2D eigenvalue weighted by molar-refractivity contribution is -0.384. The molecule has 2 N–H and O–H groups in total. The summed E-state index contributed by atoms with van der Waals surface area (Å²) in [6, 6.07) is 17.5. The van der Waals surface area contributed by atoms with E-state index in [4.69, 9.17) is 0 Å². The van der Waals surface area contributed by atoms with Crippen LogP contribution in [0.2, 0.25) is 0 Å². The number of non-ortho nitro benzene ring substituents is 1. The second-order valence-corrected chi connectivity index (χ2v) is 10.9. The fourth-order valence-corrected chi connectivity index (χ4v) is 6.05. The molecule has 11 heteroatoms. The number of carbonyl (C=O) groups excluding carboxylic acids is 4. The van der Waals surface area contributed by atoms with E-state index in [9.17, 15) is 29.3 Å². The van der Waals surface area contributed by atoms with Gasteiger partial charge in [-0.25, -0.2) is 0 Å². The molecule has 2 aliphatic rings. The van der Waals surface area contributed by atoms with Crippen LogP contribution in [0.15, 0.2) is 66.7 Å². The molecule has 0 fully saturated rings. The van der Waals surface area contributed by atoms with Crippen LogP contribution in [0.25, 0.3) is 21.5 Å². The van der Waals surface area contributed by atoms with Gasteiger partial charge in [0.05, 0.1) is 10.5 Å². The van der Waals surface area contributed by atoms with Gasteiger partial charge in [-0.05, 0) is 42.8 Å². The summed E-state index contributed by atoms with van der Waals surface area (Å²) in [5.41, 5.74) is 1.31. The van der Waals surface area contributed by atoms with Crippen molar-refractivity contribution in [2.24, 2.45) is 0 Å². The Morgan fingerprint density at radius 1 is 0.651 bits per heavy atom. The number of carbonyl (C=O) groups is 4. The van der Waals surface area contributed by atoms with Crippen molar-refractivity contribution in [1.29, 1.82) is 0 Å². The minimum atomic E-state index is -0.563. The van der Waals surface area contributed by atoms with Crippen LogP contribution in [0.3, 0.4) is 0 Å². The minimum absolute atomic E-state index is 0.141. The second-order valence-electron chi connectivity index (χ2n) is 10.9. The van der Waals surface area contributed by atoms with Crippen molar-refractivity contribution >= 4 is 50.9 Å². The number of hydrogen-bond acceptors (Lipinski definition) is 8. The molecule has 4 aromatic rings. The van der Waals surface area contributed by atoms with Crippen molar-refractivity contribution in [3.8, 4) is 0 Å². The lowest BCUT2D eigenvalue weighted by atomic mass is 9.92. The molecule has 43 heavy (non-hydrogen) atoms. The number of nitrogens with zero attached hydrogens (tertiary/aromatic N) is 3. The van der Waals surface area contributed by atoms with E-state index < -0.39 is 28.8 Å². The number of nitrogens with one attached hydrogen (secondary N) is 2. The number of nitro benzene ring substituents is 1. The fraction of sp³-hybridized carbons (Fsp3) is 0.250. The van der Waals surface area contributed by atoms with Crippen LogP contribution in [-0.2, 0) is 0 Å². The van der Waals surface area contributed by atoms with E-state index in [2.05, 4.69) is 10.6 Å². The number of rotatable bonds is 10. The third-order valence-electron chi connectivity index (χ3n) is 8.11. The third kappa shape index (κ3) is 4.72. The molecule has 0 saturated carbocycles. The smallest absolute Gasteiger partial charge is 0.270 e. The van der Waals surface area contributed by atoms with E-state index in [1.54, 1.807) is 37.3 Å². The average Bonchev–Trinajstić information content (AvgIpc) is 3.00. The molecular formula is C32H29N5O6. The van der Waals surface area contributed by atoms with Gasteiger partial charge in [0.2, 0.25) is 0 Å². The van der Waals surface area contributed by atoms with E-state index in [-0.39, 0.29) is 23.1 Å². The Labute approximate surface area is 246 Å². The minimum Gasteiger partial charge on any atom is -0.313 e. The Hall–Kier alpha value is -5.00. The number of imide groups is 2. The van der Waals surface area contributed by atoms with E-state index in [0.29, 0.717) is 59.0 Å². The molecule has 0 saturated heterocycles. The number of hydrogen-bond donors (Lipinski definition) is 2. The molecule has 4 aromatic carbocycles. The van der Waals surface area contributed by atoms with Crippen molar-refractivity contribution in [3.05, 3.63) is 99.1 Å². The predicted octanol–water partition coefficient (Wildman–Crippen LogP) is 3.75. The van der Waals surface area contributed by atoms with E-state index in [0.717, 1.165) is 10.3 Å². The summed E-state index contributed by atoms with van der Waals surface area (Å²) in [6.07, 6.45) is 0. The summed E-state index contributed by atoms with van der Waals surface area (Å²) in [4.78, 5) is 66.5. The SMILES string of the molecule is C[C@H](CNCCNC[C@H](C)N1C(=O)c2cccc3cccc(c23)C1=O)N1C(=O)c2cccc3cc([N+](=O)[O-])cc(c23)C1=O. The van der Waals surface area contributed by atoms with Gasteiger partial charge in [-0.3, -0.25) is 39.1 Å². The van der Waals surface area contributed by atoms with Crippen molar-refractivity contribution < 1.29 is 24.1 Å². The Morgan fingerprint density at radius 2 is 1.07 bits per heavy atom. The van der Waals surface area contributed by atoms with Crippen LogP contribution in [0, 0.1) is 10.1 Å². The van der Waals surface area contributed by atoms with E-state index in [1.807, 2.05) is 31.2 Å². The molecule has 0 aliphatic carbocycles. The summed E-state index contributed by atoms with van der Waals surface area (Å²) in [7, 11) is 0. The zero-order valence-electron chi connectivity index (χ0n) is 23.6. The molecule has 2 atom stereocenters. The normalized spacial score (nSPS) is 15.9. The van der Waals surface area contributed by atoms with Gasteiger partial charge in [0, 0.05) is 77.9 Å². The van der Waals surface area contributed by atoms with Gasteiger partial charge >= 0.3 is 0 Å². The molecule has 2 aliphatic heterocycles. The summed E-state index contributed by atoms with van der Waals surface area (Å²) in [5, 5.41) is 20.4. The number of amides is 4. The highest BCUT2D eigenvalue weighted by Gasteiger charge is 2.37. The summed E-state index contributed by atoms with van der Waals surface area (Å²) >= 11 is 0. The first-order valence-electron chi connectivity index (χ1n) is 14.1. The van der Waals surface area contributed by atoms with Crippen LogP contribution in [0.4, 0.5) is 5.69 Å². The Morgan fingerprint density at radius 3 is 1.53 bits per heavy atom. The molecule has 4 amide bonds. The van der Waals surface area contributed by atoms with Gasteiger partial charge < -0.3 is 10.6 Å². The third-order valence-corrected chi connectivity index (χ3v) is 8.11. The van der Waals surface area contributed by atoms with Crippen LogP contribution >= 0.6 is 0 Å². The predicted molar refractivity (Wildman–Crippen MR) is 160 cm³/mol. The van der Waals surface area contributed by atoms with Gasteiger partial charge in [0.15, 0.2) is 0 Å². The van der Waals surface area contributed by atoms with Gasteiger partial charge in [-0.2, -0.15) is 0 Å². The van der Waals surface area contributed by atoms with Crippen molar-refractivity contribution in [1.82, 2.24) is 20.4 Å². The molecule has 6 rings (SSSR count). The monoisotopic (exact) mass is 579 g/mol. The van der Waals surface area contributed by atoms with Crippen molar-refractivity contribution in [2.75, 3.05) is 26.2 Å². The molecule has 0 unspecified atom stereocenters. The molecule has 0 aromatic heterocycles. The molecule has 0 radical (unpaired) electrons. The fourth-order valence-electron chi connectivity index (χ4n) is 6.05. The largest absolute Gasteiger partial charge is 0.313 e. The maximum absolute atomic E-state index is 13.4.